The quantitative estimate of drug-likeness (QED) is 0.639. The third-order valence-electron chi connectivity index (χ3n) is 2.51. The van der Waals surface area contributed by atoms with Crippen LogP contribution in [0.15, 0.2) is 18.2 Å². The molecule has 0 spiro atoms. The molecule has 0 saturated heterocycles. The van der Waals surface area contributed by atoms with Crippen molar-refractivity contribution in [1.29, 1.82) is 0 Å². The number of halogens is 3. The molecule has 1 N–H and O–H groups in total. The van der Waals surface area contributed by atoms with Crippen molar-refractivity contribution in [2.75, 3.05) is 19.0 Å². The van der Waals surface area contributed by atoms with Gasteiger partial charge in [-0.3, -0.25) is 4.79 Å². The fourth-order valence-electron chi connectivity index (χ4n) is 1.22. The van der Waals surface area contributed by atoms with Crippen LogP contribution in [0.25, 0.3) is 0 Å². The largest absolute Gasteiger partial charge is 0.490 e. The summed E-state index contributed by atoms with van der Waals surface area (Å²) in [6.45, 7) is 4.25. The van der Waals surface area contributed by atoms with E-state index in [4.69, 9.17) is 39.5 Å². The van der Waals surface area contributed by atoms with Crippen molar-refractivity contribution in [1.82, 2.24) is 5.32 Å². The van der Waals surface area contributed by atoms with Gasteiger partial charge in [-0.1, -0.05) is 29.3 Å². The monoisotopic (exact) mass is 323 g/mol. The lowest BCUT2D eigenvalue weighted by Gasteiger charge is -2.20. The fourth-order valence-corrected chi connectivity index (χ4v) is 1.69. The van der Waals surface area contributed by atoms with E-state index in [-0.39, 0.29) is 11.8 Å². The van der Waals surface area contributed by atoms with Crippen LogP contribution >= 0.6 is 34.8 Å². The lowest BCUT2D eigenvalue weighted by molar-refractivity contribution is -0.128. The topological polar surface area (TPSA) is 38.3 Å². The van der Waals surface area contributed by atoms with E-state index in [1.807, 2.05) is 0 Å². The zero-order valence-corrected chi connectivity index (χ0v) is 13.1. The highest BCUT2D eigenvalue weighted by Crippen LogP contribution is 2.31. The van der Waals surface area contributed by atoms with Gasteiger partial charge in [0, 0.05) is 5.88 Å². The summed E-state index contributed by atoms with van der Waals surface area (Å²) >= 11 is 17.5. The molecule has 1 rings (SSSR count). The Balaban J connectivity index is 2.40. The molecule has 0 aliphatic carbocycles. The molecular weight excluding hydrogens is 309 g/mol. The first kappa shape index (κ1) is 16.4. The van der Waals surface area contributed by atoms with Crippen LogP contribution in [0, 0.1) is 5.41 Å². The summed E-state index contributed by atoms with van der Waals surface area (Å²) in [6, 6.07) is 5.15. The summed E-state index contributed by atoms with van der Waals surface area (Å²) in [5.74, 6) is 0.656. The van der Waals surface area contributed by atoms with Gasteiger partial charge in [-0.05, 0) is 26.0 Å². The first-order valence-corrected chi connectivity index (χ1v) is 7.08. The molecule has 0 aromatic heterocycles. The molecule has 0 fully saturated rings. The van der Waals surface area contributed by atoms with Crippen LogP contribution in [0.4, 0.5) is 0 Å². The maximum absolute atomic E-state index is 11.7. The Morgan fingerprint density at radius 3 is 2.68 bits per heavy atom. The lowest BCUT2D eigenvalue weighted by Crippen LogP contribution is -2.39. The van der Waals surface area contributed by atoms with Crippen LogP contribution in [-0.2, 0) is 4.79 Å². The molecule has 0 heterocycles. The third-order valence-corrected chi connectivity index (χ3v) is 3.98. The minimum absolute atomic E-state index is 0.108. The Kier molecular flexibility index (Phi) is 6.24. The average molecular weight is 325 g/mol. The van der Waals surface area contributed by atoms with E-state index in [1.165, 1.54) is 0 Å². The van der Waals surface area contributed by atoms with Crippen molar-refractivity contribution in [2.24, 2.45) is 5.41 Å². The van der Waals surface area contributed by atoms with E-state index in [0.29, 0.717) is 28.9 Å². The Morgan fingerprint density at radius 1 is 1.37 bits per heavy atom. The molecule has 0 unspecified atom stereocenters. The van der Waals surface area contributed by atoms with Crippen molar-refractivity contribution in [3.8, 4) is 5.75 Å². The Morgan fingerprint density at radius 2 is 2.05 bits per heavy atom. The number of ether oxygens (including phenoxy) is 1. The second-order valence-corrected chi connectivity index (χ2v) is 5.73. The molecular formula is C13H16Cl3NO2. The Labute approximate surface area is 128 Å². The Bertz CT molecular complexity index is 450. The summed E-state index contributed by atoms with van der Waals surface area (Å²) in [7, 11) is 0. The minimum atomic E-state index is -0.588. The van der Waals surface area contributed by atoms with Gasteiger partial charge >= 0.3 is 0 Å². The summed E-state index contributed by atoms with van der Waals surface area (Å²) in [5, 5.41) is 3.56. The van der Waals surface area contributed by atoms with E-state index in [1.54, 1.807) is 32.0 Å². The van der Waals surface area contributed by atoms with Gasteiger partial charge in [0.15, 0.2) is 0 Å². The van der Waals surface area contributed by atoms with E-state index >= 15 is 0 Å². The first-order valence-electron chi connectivity index (χ1n) is 5.79. The van der Waals surface area contributed by atoms with E-state index in [9.17, 15) is 4.79 Å². The van der Waals surface area contributed by atoms with Crippen LogP contribution < -0.4 is 10.1 Å². The highest BCUT2D eigenvalue weighted by Gasteiger charge is 2.25. The van der Waals surface area contributed by atoms with Gasteiger partial charge in [-0.15, -0.1) is 11.6 Å². The fraction of sp³-hybridized carbons (Fsp3) is 0.462. The molecule has 0 radical (unpaired) electrons. The van der Waals surface area contributed by atoms with Crippen molar-refractivity contribution in [2.45, 2.75) is 13.8 Å². The first-order chi connectivity index (χ1) is 8.88. The van der Waals surface area contributed by atoms with Crippen LogP contribution in [0.1, 0.15) is 13.8 Å². The maximum Gasteiger partial charge on any atom is 0.226 e. The summed E-state index contributed by atoms with van der Waals surface area (Å²) in [5.41, 5.74) is -0.588. The molecule has 0 aliphatic rings. The number of benzene rings is 1. The zero-order chi connectivity index (χ0) is 14.5. The Hall–Kier alpha value is -0.640. The maximum atomic E-state index is 11.7. The van der Waals surface area contributed by atoms with Gasteiger partial charge < -0.3 is 10.1 Å². The van der Waals surface area contributed by atoms with Gasteiger partial charge in [0.05, 0.1) is 17.0 Å². The van der Waals surface area contributed by atoms with Crippen LogP contribution in [-0.4, -0.2) is 24.9 Å². The predicted molar refractivity (Wildman–Crippen MR) is 79.5 cm³/mol. The average Bonchev–Trinajstić information content (AvgIpc) is 2.38. The molecule has 6 heteroatoms. The summed E-state index contributed by atoms with van der Waals surface area (Å²) in [4.78, 5) is 11.7. The minimum Gasteiger partial charge on any atom is -0.490 e. The van der Waals surface area contributed by atoms with Gasteiger partial charge in [-0.2, -0.15) is 0 Å². The standard InChI is InChI=1S/C13H16Cl3NO2/c1-13(2,8-14)12(18)17-6-7-19-10-5-3-4-9(15)11(10)16/h3-5H,6-8H2,1-2H3,(H,17,18). The molecule has 3 nitrogen and oxygen atoms in total. The zero-order valence-electron chi connectivity index (χ0n) is 10.8. The predicted octanol–water partition coefficient (Wildman–Crippen LogP) is 3.75. The van der Waals surface area contributed by atoms with Crippen molar-refractivity contribution < 1.29 is 9.53 Å². The number of carbonyl (C=O) groups excluding carboxylic acids is 1. The molecule has 1 amide bonds. The summed E-state index contributed by atoms with van der Waals surface area (Å²) < 4.78 is 5.45. The van der Waals surface area contributed by atoms with Crippen molar-refractivity contribution >= 4 is 40.7 Å². The highest BCUT2D eigenvalue weighted by atomic mass is 35.5. The number of alkyl halides is 1. The number of nitrogens with one attached hydrogen (secondary N) is 1. The number of carbonyl (C=O) groups is 1. The SMILES string of the molecule is CC(C)(CCl)C(=O)NCCOc1cccc(Cl)c1Cl. The van der Waals surface area contributed by atoms with Gasteiger partial charge in [0.25, 0.3) is 0 Å². The van der Waals surface area contributed by atoms with Gasteiger partial charge in [0.2, 0.25) is 5.91 Å². The van der Waals surface area contributed by atoms with Crippen molar-refractivity contribution in [3.05, 3.63) is 28.2 Å². The summed E-state index contributed by atoms with van der Waals surface area (Å²) in [6.07, 6.45) is 0. The highest BCUT2D eigenvalue weighted by molar-refractivity contribution is 6.42. The number of hydrogen-bond donors (Lipinski definition) is 1. The molecule has 0 bridgehead atoms. The molecule has 1 aromatic carbocycles. The van der Waals surface area contributed by atoms with E-state index < -0.39 is 5.41 Å². The number of amides is 1. The van der Waals surface area contributed by atoms with E-state index in [0.717, 1.165) is 0 Å². The van der Waals surface area contributed by atoms with Gasteiger partial charge in [0.1, 0.15) is 17.4 Å². The molecule has 0 atom stereocenters. The number of hydrogen-bond acceptors (Lipinski definition) is 2. The third kappa shape index (κ3) is 4.75. The van der Waals surface area contributed by atoms with Crippen LogP contribution in [0.3, 0.4) is 0 Å². The van der Waals surface area contributed by atoms with Gasteiger partial charge in [-0.25, -0.2) is 0 Å². The van der Waals surface area contributed by atoms with E-state index in [2.05, 4.69) is 5.32 Å². The molecule has 1 aromatic rings. The van der Waals surface area contributed by atoms with Crippen LogP contribution in [0.5, 0.6) is 5.75 Å². The second kappa shape index (κ2) is 7.22. The molecule has 0 saturated carbocycles. The van der Waals surface area contributed by atoms with Crippen molar-refractivity contribution in [3.63, 3.8) is 0 Å². The molecule has 106 valence electrons. The smallest absolute Gasteiger partial charge is 0.226 e. The second-order valence-electron chi connectivity index (χ2n) is 4.67. The molecule has 19 heavy (non-hydrogen) atoms. The normalized spacial score (nSPS) is 11.2. The van der Waals surface area contributed by atoms with Crippen LogP contribution in [0.2, 0.25) is 10.0 Å². The number of rotatable bonds is 6. The lowest BCUT2D eigenvalue weighted by atomic mass is 9.95. The molecule has 0 aliphatic heterocycles.